The maximum Gasteiger partial charge on any atom is 0.191 e. The molecule has 0 bridgehead atoms. The van der Waals surface area contributed by atoms with Crippen LogP contribution in [0.1, 0.15) is 46.0 Å². The molecule has 0 radical (unpaired) electrons. The van der Waals surface area contributed by atoms with Gasteiger partial charge < -0.3 is 15.4 Å². The van der Waals surface area contributed by atoms with Gasteiger partial charge in [-0.3, -0.25) is 4.99 Å². The third-order valence-electron chi connectivity index (χ3n) is 5.40. The van der Waals surface area contributed by atoms with Crippen LogP contribution in [0.4, 0.5) is 0 Å². The van der Waals surface area contributed by atoms with E-state index in [1.54, 1.807) is 0 Å². The molecule has 0 heterocycles. The number of halogens is 1. The van der Waals surface area contributed by atoms with Crippen molar-refractivity contribution < 1.29 is 4.74 Å². The molecular weight excluding hydrogens is 365 g/mol. The molecule has 3 saturated carbocycles. The first-order valence-electron chi connectivity index (χ1n) is 7.81. The van der Waals surface area contributed by atoms with Gasteiger partial charge in [-0.15, -0.1) is 24.0 Å². The summed E-state index contributed by atoms with van der Waals surface area (Å²) in [5.74, 6) is 1.79. The van der Waals surface area contributed by atoms with Crippen molar-refractivity contribution in [3.63, 3.8) is 0 Å². The van der Waals surface area contributed by atoms with Crippen LogP contribution < -0.4 is 10.6 Å². The highest BCUT2D eigenvalue weighted by Gasteiger charge is 2.59. The minimum atomic E-state index is 0. The first kappa shape index (κ1) is 16.3. The molecule has 4 unspecified atom stereocenters. The molecule has 3 fully saturated rings. The van der Waals surface area contributed by atoms with Crippen LogP contribution in [-0.2, 0) is 4.74 Å². The Labute approximate surface area is 139 Å². The molecule has 116 valence electrons. The third kappa shape index (κ3) is 2.80. The summed E-state index contributed by atoms with van der Waals surface area (Å²) in [5.41, 5.74) is 0.406. The summed E-state index contributed by atoms with van der Waals surface area (Å²) < 4.78 is 5.89. The molecule has 4 atom stereocenters. The second-order valence-corrected chi connectivity index (χ2v) is 6.50. The fraction of sp³-hybridized carbons (Fsp3) is 0.933. The molecule has 0 amide bonds. The molecule has 1 spiro atoms. The van der Waals surface area contributed by atoms with Gasteiger partial charge in [0.05, 0.1) is 6.10 Å². The van der Waals surface area contributed by atoms with E-state index in [2.05, 4.69) is 29.5 Å². The van der Waals surface area contributed by atoms with Gasteiger partial charge in [0.15, 0.2) is 5.96 Å². The van der Waals surface area contributed by atoms with Crippen molar-refractivity contribution >= 4 is 29.9 Å². The Morgan fingerprint density at radius 3 is 2.45 bits per heavy atom. The zero-order chi connectivity index (χ0) is 13.5. The molecule has 4 nitrogen and oxygen atoms in total. The van der Waals surface area contributed by atoms with Crippen LogP contribution in [0.25, 0.3) is 0 Å². The van der Waals surface area contributed by atoms with Crippen molar-refractivity contribution in [2.24, 2.45) is 16.3 Å². The van der Waals surface area contributed by atoms with Crippen molar-refractivity contribution in [1.29, 1.82) is 0 Å². The Hall–Kier alpha value is -0.0400. The second-order valence-electron chi connectivity index (χ2n) is 6.50. The van der Waals surface area contributed by atoms with Crippen molar-refractivity contribution in [2.75, 3.05) is 13.7 Å². The van der Waals surface area contributed by atoms with Crippen LogP contribution >= 0.6 is 24.0 Å². The van der Waals surface area contributed by atoms with Gasteiger partial charge in [-0.1, -0.05) is 13.3 Å². The maximum atomic E-state index is 5.89. The molecule has 0 saturated heterocycles. The highest BCUT2D eigenvalue weighted by molar-refractivity contribution is 14.0. The Balaban J connectivity index is 0.00000147. The van der Waals surface area contributed by atoms with Crippen molar-refractivity contribution in [3.05, 3.63) is 0 Å². The quantitative estimate of drug-likeness (QED) is 0.439. The molecule has 3 aliphatic rings. The van der Waals surface area contributed by atoms with Crippen molar-refractivity contribution in [2.45, 2.75) is 64.1 Å². The normalized spacial score (nSPS) is 37.5. The number of aliphatic imine (C=N–C) groups is 1. The molecule has 0 aliphatic heterocycles. The molecule has 3 rings (SSSR count). The highest BCUT2D eigenvalue weighted by atomic mass is 127. The minimum absolute atomic E-state index is 0. The van der Waals surface area contributed by atoms with Crippen LogP contribution in [0.15, 0.2) is 4.99 Å². The molecule has 2 N–H and O–H groups in total. The van der Waals surface area contributed by atoms with Gasteiger partial charge in [0, 0.05) is 31.2 Å². The van der Waals surface area contributed by atoms with Gasteiger partial charge in [-0.05, 0) is 38.5 Å². The number of hydrogen-bond donors (Lipinski definition) is 2. The van der Waals surface area contributed by atoms with E-state index in [1.165, 1.54) is 25.7 Å². The van der Waals surface area contributed by atoms with E-state index in [-0.39, 0.29) is 24.0 Å². The zero-order valence-corrected chi connectivity index (χ0v) is 15.1. The lowest BCUT2D eigenvalue weighted by Gasteiger charge is -2.61. The van der Waals surface area contributed by atoms with Crippen LogP contribution in [0, 0.1) is 11.3 Å². The van der Waals surface area contributed by atoms with Crippen molar-refractivity contribution in [1.82, 2.24) is 10.6 Å². The van der Waals surface area contributed by atoms with E-state index in [0.717, 1.165) is 24.9 Å². The Bertz CT molecular complexity index is 370. The number of nitrogens with zero attached hydrogens (tertiary/aromatic N) is 1. The first-order chi connectivity index (χ1) is 9.19. The maximum absolute atomic E-state index is 5.89. The lowest BCUT2D eigenvalue weighted by molar-refractivity contribution is -0.168. The first-order valence-corrected chi connectivity index (χ1v) is 7.81. The number of rotatable bonds is 4. The fourth-order valence-electron chi connectivity index (χ4n) is 3.68. The Kier molecular flexibility index (Phi) is 5.21. The van der Waals surface area contributed by atoms with E-state index in [0.29, 0.717) is 23.6 Å². The minimum Gasteiger partial charge on any atom is -0.378 e. The summed E-state index contributed by atoms with van der Waals surface area (Å²) in [6, 6.07) is 1.18. The van der Waals surface area contributed by atoms with Crippen LogP contribution in [0.2, 0.25) is 0 Å². The molecule has 0 aromatic rings. The summed E-state index contributed by atoms with van der Waals surface area (Å²) in [4.78, 5) is 4.37. The monoisotopic (exact) mass is 393 g/mol. The number of hydrogen-bond acceptors (Lipinski definition) is 2. The van der Waals surface area contributed by atoms with E-state index < -0.39 is 0 Å². The summed E-state index contributed by atoms with van der Waals surface area (Å²) in [5, 5.41) is 7.16. The predicted molar refractivity (Wildman–Crippen MR) is 92.7 cm³/mol. The Morgan fingerprint density at radius 1 is 1.30 bits per heavy atom. The van der Waals surface area contributed by atoms with Gasteiger partial charge in [-0.25, -0.2) is 0 Å². The SMILES string of the molecule is CCOC1CC(NC(=NC)NC2CC2C)C12CCC2.I. The number of ether oxygens (including phenoxy) is 1. The van der Waals surface area contributed by atoms with Crippen molar-refractivity contribution in [3.8, 4) is 0 Å². The molecule has 0 aromatic carbocycles. The van der Waals surface area contributed by atoms with Gasteiger partial charge in [0.25, 0.3) is 0 Å². The number of nitrogens with one attached hydrogen (secondary N) is 2. The lowest BCUT2D eigenvalue weighted by atomic mass is 9.51. The smallest absolute Gasteiger partial charge is 0.191 e. The van der Waals surface area contributed by atoms with Crippen LogP contribution in [0.3, 0.4) is 0 Å². The van der Waals surface area contributed by atoms with E-state index in [1.807, 2.05) is 7.05 Å². The van der Waals surface area contributed by atoms with Gasteiger partial charge in [-0.2, -0.15) is 0 Å². The molecule has 3 aliphatic carbocycles. The van der Waals surface area contributed by atoms with Gasteiger partial charge >= 0.3 is 0 Å². The summed E-state index contributed by atoms with van der Waals surface area (Å²) in [6.45, 7) is 5.22. The summed E-state index contributed by atoms with van der Waals surface area (Å²) in [6.07, 6.45) is 6.86. The van der Waals surface area contributed by atoms with Crippen LogP contribution in [-0.4, -0.2) is 37.8 Å². The average Bonchev–Trinajstić information content (AvgIpc) is 3.00. The lowest BCUT2D eigenvalue weighted by Crippen LogP contribution is -2.68. The number of guanidine groups is 1. The largest absolute Gasteiger partial charge is 0.378 e. The van der Waals surface area contributed by atoms with E-state index in [4.69, 9.17) is 4.74 Å². The Morgan fingerprint density at radius 2 is 2.00 bits per heavy atom. The molecule has 0 aromatic heterocycles. The van der Waals surface area contributed by atoms with E-state index in [9.17, 15) is 0 Å². The fourth-order valence-corrected chi connectivity index (χ4v) is 3.68. The van der Waals surface area contributed by atoms with Gasteiger partial charge in [0.1, 0.15) is 0 Å². The topological polar surface area (TPSA) is 45.6 Å². The third-order valence-corrected chi connectivity index (χ3v) is 5.40. The second kappa shape index (κ2) is 6.38. The summed E-state index contributed by atoms with van der Waals surface area (Å²) >= 11 is 0. The molecule has 20 heavy (non-hydrogen) atoms. The molecule has 5 heteroatoms. The van der Waals surface area contributed by atoms with Crippen LogP contribution in [0.5, 0.6) is 0 Å². The zero-order valence-electron chi connectivity index (χ0n) is 12.8. The van der Waals surface area contributed by atoms with Gasteiger partial charge in [0.2, 0.25) is 0 Å². The summed E-state index contributed by atoms with van der Waals surface area (Å²) in [7, 11) is 1.87. The highest BCUT2D eigenvalue weighted by Crippen LogP contribution is 2.57. The van der Waals surface area contributed by atoms with E-state index >= 15 is 0 Å². The molecular formula is C15H28IN3O. The average molecular weight is 393 g/mol. The predicted octanol–water partition coefficient (Wildman–Crippen LogP) is 2.53. The standard InChI is InChI=1S/C15H27N3O.HI/c1-4-19-13-9-12(15(13)6-5-7-15)18-14(16-3)17-11-8-10(11)2;/h10-13H,4-9H2,1-3H3,(H2,16,17,18);1H.